The number of alkyl halides is 2. The summed E-state index contributed by atoms with van der Waals surface area (Å²) in [6.07, 6.45) is 0. The van der Waals surface area contributed by atoms with Crippen molar-refractivity contribution in [3.63, 3.8) is 0 Å². The highest BCUT2D eigenvalue weighted by Crippen LogP contribution is 2.25. The lowest BCUT2D eigenvalue weighted by molar-refractivity contribution is -0.119. The maximum Gasteiger partial charge on any atom is 0.387 e. The van der Waals surface area contributed by atoms with Gasteiger partial charge < -0.3 is 14.5 Å². The number of halogens is 2. The van der Waals surface area contributed by atoms with Gasteiger partial charge in [0.25, 0.3) is 5.22 Å². The molecule has 0 aliphatic carbocycles. The number of rotatable bonds is 8. The van der Waals surface area contributed by atoms with Gasteiger partial charge in [-0.3, -0.25) is 4.79 Å². The van der Waals surface area contributed by atoms with E-state index in [0.717, 1.165) is 17.3 Å². The summed E-state index contributed by atoms with van der Waals surface area (Å²) in [5.74, 6) is 0.232. The van der Waals surface area contributed by atoms with E-state index in [1.54, 1.807) is 0 Å². The van der Waals surface area contributed by atoms with Gasteiger partial charge >= 0.3 is 6.61 Å². The van der Waals surface area contributed by atoms with Crippen LogP contribution in [0.25, 0.3) is 11.5 Å². The van der Waals surface area contributed by atoms with Crippen LogP contribution in [-0.2, 0) is 4.79 Å². The normalized spacial score (nSPS) is 12.0. The van der Waals surface area contributed by atoms with Crippen molar-refractivity contribution in [1.82, 2.24) is 15.5 Å². The van der Waals surface area contributed by atoms with Crippen LogP contribution in [0.1, 0.15) is 18.5 Å². The average Bonchev–Trinajstić information content (AvgIpc) is 3.16. The lowest BCUT2D eigenvalue weighted by atomic mass is 10.1. The number of nitrogens with one attached hydrogen (secondary N) is 1. The van der Waals surface area contributed by atoms with Gasteiger partial charge in [0.05, 0.1) is 11.8 Å². The predicted molar refractivity (Wildman–Crippen MR) is 100 cm³/mol. The first-order valence-corrected chi connectivity index (χ1v) is 9.35. The average molecular weight is 405 g/mol. The monoisotopic (exact) mass is 405 g/mol. The van der Waals surface area contributed by atoms with Crippen LogP contribution in [0.5, 0.6) is 5.75 Å². The van der Waals surface area contributed by atoms with Crippen molar-refractivity contribution in [2.24, 2.45) is 0 Å². The van der Waals surface area contributed by atoms with Gasteiger partial charge in [-0.15, -0.1) is 10.2 Å². The summed E-state index contributed by atoms with van der Waals surface area (Å²) in [4.78, 5) is 12.1. The molecular formula is C19H17F2N3O3S. The summed E-state index contributed by atoms with van der Waals surface area (Å²) in [5, 5.41) is 10.9. The summed E-state index contributed by atoms with van der Waals surface area (Å²) in [7, 11) is 0. The zero-order valence-electron chi connectivity index (χ0n) is 14.8. The lowest BCUT2D eigenvalue weighted by Crippen LogP contribution is -2.28. The minimum Gasteiger partial charge on any atom is -0.435 e. The van der Waals surface area contributed by atoms with Gasteiger partial charge in [-0.1, -0.05) is 42.1 Å². The standard InChI is InChI=1S/C19H17F2N3O3S/c1-12(13-5-3-2-4-6-13)22-16(25)11-28-19-24-23-17(27-19)14-7-9-15(10-8-14)26-18(20)21/h2-10,12,18H,11H2,1H3,(H,22,25). The molecule has 9 heteroatoms. The summed E-state index contributed by atoms with van der Waals surface area (Å²) in [6.45, 7) is -0.975. The van der Waals surface area contributed by atoms with Crippen molar-refractivity contribution >= 4 is 17.7 Å². The van der Waals surface area contributed by atoms with Crippen molar-refractivity contribution in [3.8, 4) is 17.2 Å². The van der Waals surface area contributed by atoms with Gasteiger partial charge in [-0.2, -0.15) is 8.78 Å². The molecule has 0 bridgehead atoms. The molecule has 0 radical (unpaired) electrons. The molecule has 0 spiro atoms. The smallest absolute Gasteiger partial charge is 0.387 e. The third-order valence-electron chi connectivity index (χ3n) is 3.74. The molecule has 3 aromatic rings. The number of carbonyl (C=O) groups excluding carboxylic acids is 1. The Labute approximate surface area is 164 Å². The number of nitrogens with zero attached hydrogens (tertiary/aromatic N) is 2. The van der Waals surface area contributed by atoms with E-state index in [4.69, 9.17) is 4.42 Å². The number of carbonyl (C=O) groups is 1. The largest absolute Gasteiger partial charge is 0.435 e. The molecule has 1 amide bonds. The van der Waals surface area contributed by atoms with Crippen LogP contribution in [0.3, 0.4) is 0 Å². The Kier molecular flexibility index (Phi) is 6.59. The fourth-order valence-electron chi connectivity index (χ4n) is 2.40. The first-order chi connectivity index (χ1) is 13.5. The Hall–Kier alpha value is -2.94. The van der Waals surface area contributed by atoms with E-state index in [-0.39, 0.29) is 34.6 Å². The van der Waals surface area contributed by atoms with Crippen LogP contribution >= 0.6 is 11.8 Å². The highest BCUT2D eigenvalue weighted by atomic mass is 32.2. The topological polar surface area (TPSA) is 77.2 Å². The first kappa shape index (κ1) is 19.8. The number of hydrogen-bond acceptors (Lipinski definition) is 6. The van der Waals surface area contributed by atoms with E-state index in [0.29, 0.717) is 5.56 Å². The number of thioether (sulfide) groups is 1. The highest BCUT2D eigenvalue weighted by molar-refractivity contribution is 7.99. The predicted octanol–water partition coefficient (Wildman–Crippen LogP) is 4.31. The van der Waals surface area contributed by atoms with Crippen LogP contribution in [0.4, 0.5) is 8.78 Å². The van der Waals surface area contributed by atoms with E-state index in [9.17, 15) is 13.6 Å². The minimum absolute atomic E-state index is 0.0390. The molecule has 0 aliphatic heterocycles. The molecular weight excluding hydrogens is 388 g/mol. The molecule has 0 saturated heterocycles. The van der Waals surface area contributed by atoms with Crippen LogP contribution in [0, 0.1) is 0 Å². The third-order valence-corrected chi connectivity index (χ3v) is 4.56. The fourth-order valence-corrected chi connectivity index (χ4v) is 2.97. The Bertz CT molecular complexity index is 904. The second-order valence-corrected chi connectivity index (χ2v) is 6.69. The fraction of sp³-hybridized carbons (Fsp3) is 0.211. The molecule has 1 unspecified atom stereocenters. The van der Waals surface area contributed by atoms with Gasteiger partial charge in [-0.25, -0.2) is 0 Å². The Morgan fingerprint density at radius 1 is 1.14 bits per heavy atom. The molecule has 3 rings (SSSR count). The molecule has 146 valence electrons. The SMILES string of the molecule is CC(NC(=O)CSc1nnc(-c2ccc(OC(F)F)cc2)o1)c1ccccc1. The number of benzene rings is 2. The maximum atomic E-state index is 12.2. The maximum absolute atomic E-state index is 12.2. The number of hydrogen-bond donors (Lipinski definition) is 1. The van der Waals surface area contributed by atoms with E-state index in [1.807, 2.05) is 37.3 Å². The lowest BCUT2D eigenvalue weighted by Gasteiger charge is -2.13. The molecule has 1 heterocycles. The van der Waals surface area contributed by atoms with E-state index >= 15 is 0 Å². The van der Waals surface area contributed by atoms with Gasteiger partial charge in [0, 0.05) is 5.56 Å². The molecule has 2 aromatic carbocycles. The van der Waals surface area contributed by atoms with Crippen LogP contribution in [0.15, 0.2) is 64.2 Å². The summed E-state index contributed by atoms with van der Waals surface area (Å²) >= 11 is 1.12. The zero-order valence-corrected chi connectivity index (χ0v) is 15.7. The molecule has 0 aliphatic rings. The quantitative estimate of drug-likeness (QED) is 0.563. The van der Waals surface area contributed by atoms with Crippen molar-refractivity contribution < 1.29 is 22.7 Å². The summed E-state index contributed by atoms with van der Waals surface area (Å²) in [6, 6.07) is 15.4. The van der Waals surface area contributed by atoms with Crippen molar-refractivity contribution in [3.05, 3.63) is 60.2 Å². The summed E-state index contributed by atoms with van der Waals surface area (Å²) < 4.78 is 34.1. The van der Waals surface area contributed by atoms with Gasteiger partial charge in [-0.05, 0) is 36.8 Å². The molecule has 1 aromatic heterocycles. The van der Waals surface area contributed by atoms with Gasteiger partial charge in [0.15, 0.2) is 0 Å². The van der Waals surface area contributed by atoms with Crippen LogP contribution in [-0.4, -0.2) is 28.5 Å². The summed E-state index contributed by atoms with van der Waals surface area (Å²) in [5.41, 5.74) is 1.57. The second kappa shape index (κ2) is 9.32. The molecule has 0 saturated carbocycles. The van der Waals surface area contributed by atoms with E-state index in [1.165, 1.54) is 24.3 Å². The first-order valence-electron chi connectivity index (χ1n) is 8.37. The van der Waals surface area contributed by atoms with E-state index in [2.05, 4.69) is 20.3 Å². The molecule has 0 fully saturated rings. The van der Waals surface area contributed by atoms with Gasteiger partial charge in [0.1, 0.15) is 5.75 Å². The van der Waals surface area contributed by atoms with Crippen molar-refractivity contribution in [2.75, 3.05) is 5.75 Å². The van der Waals surface area contributed by atoms with Crippen LogP contribution in [0.2, 0.25) is 0 Å². The van der Waals surface area contributed by atoms with Crippen molar-refractivity contribution in [1.29, 1.82) is 0 Å². The molecule has 28 heavy (non-hydrogen) atoms. The van der Waals surface area contributed by atoms with Crippen LogP contribution < -0.4 is 10.1 Å². The minimum atomic E-state index is -2.88. The Morgan fingerprint density at radius 2 is 1.86 bits per heavy atom. The van der Waals surface area contributed by atoms with E-state index < -0.39 is 6.61 Å². The highest BCUT2D eigenvalue weighted by Gasteiger charge is 2.14. The van der Waals surface area contributed by atoms with Gasteiger partial charge in [0.2, 0.25) is 11.8 Å². The molecule has 6 nitrogen and oxygen atoms in total. The number of amides is 1. The zero-order chi connectivity index (χ0) is 19.9. The Balaban J connectivity index is 1.52. The molecule has 1 N–H and O–H groups in total. The third kappa shape index (κ3) is 5.53. The Morgan fingerprint density at radius 3 is 2.54 bits per heavy atom. The number of aromatic nitrogens is 2. The second-order valence-electron chi connectivity index (χ2n) is 5.76. The molecule has 1 atom stereocenters. The number of ether oxygens (including phenoxy) is 1. The van der Waals surface area contributed by atoms with Crippen molar-refractivity contribution in [2.45, 2.75) is 24.8 Å².